The average molecular weight is 475 g/mol. The Hall–Kier alpha value is -4.89. The van der Waals surface area contributed by atoms with Crippen LogP contribution in [0.1, 0.15) is 17.3 Å². The molecular weight excluding hydrogens is 452 g/mol. The van der Waals surface area contributed by atoms with E-state index in [0.717, 1.165) is 28.1 Å². The van der Waals surface area contributed by atoms with Crippen molar-refractivity contribution in [3.8, 4) is 33.6 Å². The molecule has 0 aliphatic heterocycles. The van der Waals surface area contributed by atoms with Crippen LogP contribution in [-0.4, -0.2) is 15.8 Å². The zero-order valence-corrected chi connectivity index (χ0v) is 20.3. The molecule has 37 heavy (non-hydrogen) atoms. The fourth-order valence-electron chi connectivity index (χ4n) is 5.44. The molecule has 0 saturated heterocycles. The van der Waals surface area contributed by atoms with Gasteiger partial charge in [0.05, 0.1) is 0 Å². The van der Waals surface area contributed by atoms with Crippen molar-refractivity contribution in [1.29, 1.82) is 0 Å². The fraction of sp³-hybridized carbons (Fsp3) is 0.0294. The van der Waals surface area contributed by atoms with Gasteiger partial charge in [0.1, 0.15) is 0 Å². The van der Waals surface area contributed by atoms with E-state index in [1.54, 1.807) is 19.3 Å². The zero-order chi connectivity index (χ0) is 24.9. The second-order valence-electron chi connectivity index (χ2n) is 9.43. The fourth-order valence-corrected chi connectivity index (χ4v) is 5.44. The highest BCUT2D eigenvalue weighted by molar-refractivity contribution is 6.27. The van der Waals surface area contributed by atoms with E-state index in [4.69, 9.17) is 0 Å². The third kappa shape index (κ3) is 3.47. The lowest BCUT2D eigenvalue weighted by Crippen LogP contribution is -1.92. The van der Waals surface area contributed by atoms with E-state index < -0.39 is 0 Å². The van der Waals surface area contributed by atoms with Crippen molar-refractivity contribution >= 4 is 38.1 Å². The number of carbonyl (C=O) groups is 1. The van der Waals surface area contributed by atoms with Crippen LogP contribution < -0.4 is 0 Å². The topological polar surface area (TPSA) is 42.9 Å². The Bertz CT molecular complexity index is 1920. The van der Waals surface area contributed by atoms with Crippen LogP contribution in [0.3, 0.4) is 0 Å². The molecule has 3 heteroatoms. The minimum absolute atomic E-state index is 0.0822. The van der Waals surface area contributed by atoms with Gasteiger partial charge in [0.25, 0.3) is 0 Å². The summed E-state index contributed by atoms with van der Waals surface area (Å²) >= 11 is 0. The summed E-state index contributed by atoms with van der Waals surface area (Å²) in [6, 6.07) is 36.0. The normalized spacial score (nSPS) is 11.5. The Labute approximate surface area is 214 Å². The van der Waals surface area contributed by atoms with Crippen molar-refractivity contribution in [3.63, 3.8) is 0 Å². The number of ketones is 1. The smallest absolute Gasteiger partial charge is 0.159 e. The van der Waals surface area contributed by atoms with Crippen molar-refractivity contribution < 1.29 is 4.79 Å². The van der Waals surface area contributed by atoms with E-state index in [1.165, 1.54) is 43.4 Å². The minimum atomic E-state index is 0.0822. The predicted octanol–water partition coefficient (Wildman–Crippen LogP) is 8.58. The van der Waals surface area contributed by atoms with Gasteiger partial charge in [-0.25, -0.2) is 9.97 Å². The summed E-state index contributed by atoms with van der Waals surface area (Å²) in [4.78, 5) is 20.5. The molecule has 7 rings (SSSR count). The molecule has 0 atom stereocenters. The molecule has 0 amide bonds. The number of aromatic nitrogens is 2. The van der Waals surface area contributed by atoms with Crippen molar-refractivity contribution in [2.24, 2.45) is 0 Å². The number of hydrogen-bond acceptors (Lipinski definition) is 3. The van der Waals surface area contributed by atoms with Gasteiger partial charge in [-0.3, -0.25) is 4.79 Å². The highest BCUT2D eigenvalue weighted by Gasteiger charge is 2.15. The molecular formula is C34H22N2O. The number of carbonyl (C=O) groups excluding carboxylic acids is 1. The third-order valence-electron chi connectivity index (χ3n) is 7.29. The van der Waals surface area contributed by atoms with Gasteiger partial charge in [-0.15, -0.1) is 0 Å². The lowest BCUT2D eigenvalue weighted by Gasteiger charge is -2.16. The molecule has 6 aromatic carbocycles. The molecule has 3 nitrogen and oxygen atoms in total. The summed E-state index contributed by atoms with van der Waals surface area (Å²) in [5.41, 5.74) is 6.39. The van der Waals surface area contributed by atoms with Crippen molar-refractivity contribution in [3.05, 3.63) is 121 Å². The van der Waals surface area contributed by atoms with Crippen LogP contribution >= 0.6 is 0 Å². The lowest BCUT2D eigenvalue weighted by atomic mass is 9.87. The molecule has 0 spiro atoms. The molecule has 0 bridgehead atoms. The third-order valence-corrected chi connectivity index (χ3v) is 7.29. The molecule has 0 fully saturated rings. The lowest BCUT2D eigenvalue weighted by molar-refractivity contribution is 0.101. The molecule has 0 N–H and O–H groups in total. The maximum absolute atomic E-state index is 11.8. The Kier molecular flexibility index (Phi) is 4.83. The molecule has 0 aliphatic rings. The van der Waals surface area contributed by atoms with Gasteiger partial charge in [0, 0.05) is 23.5 Å². The van der Waals surface area contributed by atoms with Gasteiger partial charge in [-0.2, -0.15) is 0 Å². The van der Waals surface area contributed by atoms with Crippen LogP contribution in [0.25, 0.3) is 66.0 Å². The van der Waals surface area contributed by atoms with Gasteiger partial charge in [-0.05, 0) is 67.6 Å². The van der Waals surface area contributed by atoms with E-state index in [-0.39, 0.29) is 5.78 Å². The highest BCUT2D eigenvalue weighted by Crippen LogP contribution is 2.42. The van der Waals surface area contributed by atoms with Crippen LogP contribution in [-0.2, 0) is 0 Å². The van der Waals surface area contributed by atoms with Crippen molar-refractivity contribution in [2.75, 3.05) is 0 Å². The summed E-state index contributed by atoms with van der Waals surface area (Å²) in [5.74, 6) is 0.812. The number of rotatable bonds is 4. The van der Waals surface area contributed by atoms with Crippen LogP contribution in [0, 0.1) is 0 Å². The van der Waals surface area contributed by atoms with E-state index in [9.17, 15) is 4.79 Å². The largest absolute Gasteiger partial charge is 0.295 e. The first-order valence-electron chi connectivity index (χ1n) is 12.4. The second kappa shape index (κ2) is 8.35. The maximum Gasteiger partial charge on any atom is 0.159 e. The van der Waals surface area contributed by atoms with Crippen LogP contribution in [0.2, 0.25) is 0 Å². The van der Waals surface area contributed by atoms with Crippen molar-refractivity contribution in [2.45, 2.75) is 6.92 Å². The van der Waals surface area contributed by atoms with Gasteiger partial charge in [0.2, 0.25) is 0 Å². The molecule has 7 aromatic rings. The van der Waals surface area contributed by atoms with Crippen LogP contribution in [0.15, 0.2) is 116 Å². The maximum atomic E-state index is 11.8. The first-order chi connectivity index (χ1) is 18.2. The highest BCUT2D eigenvalue weighted by atomic mass is 16.1. The minimum Gasteiger partial charge on any atom is -0.295 e. The van der Waals surface area contributed by atoms with Crippen LogP contribution in [0.4, 0.5) is 0 Å². The van der Waals surface area contributed by atoms with Crippen LogP contribution in [0.5, 0.6) is 0 Å². The molecule has 174 valence electrons. The standard InChI is InChI=1S/C34H22N2O/c1-21(37)22-3-5-23(6-4-22)28-15-11-25-14-18-31-29(16-12-26-13-17-30(28)32(25)33(26)31)24-7-9-27(10-8-24)34-35-19-2-20-36-34/h2-20H,1H3. The quantitative estimate of drug-likeness (QED) is 0.189. The number of Topliss-reactive ketones (excluding diaryl/α,β-unsaturated/α-hetero) is 1. The van der Waals surface area contributed by atoms with E-state index in [2.05, 4.69) is 82.8 Å². The van der Waals surface area contributed by atoms with E-state index >= 15 is 0 Å². The molecule has 0 unspecified atom stereocenters. The number of hydrogen-bond donors (Lipinski definition) is 0. The Morgan fingerprint density at radius 2 is 1.00 bits per heavy atom. The SMILES string of the molecule is CC(=O)c1ccc(-c2ccc3ccc4c(-c5ccc(-c6ncccn6)cc5)ccc5ccc2c3c54)cc1. The van der Waals surface area contributed by atoms with Crippen molar-refractivity contribution in [1.82, 2.24) is 9.97 Å². The Morgan fingerprint density at radius 3 is 1.51 bits per heavy atom. The molecule has 0 radical (unpaired) electrons. The molecule has 1 aromatic heterocycles. The summed E-state index contributed by atoms with van der Waals surface area (Å²) in [5, 5.41) is 7.48. The van der Waals surface area contributed by atoms with Gasteiger partial charge < -0.3 is 0 Å². The predicted molar refractivity (Wildman–Crippen MR) is 152 cm³/mol. The number of benzene rings is 6. The monoisotopic (exact) mass is 474 g/mol. The summed E-state index contributed by atoms with van der Waals surface area (Å²) < 4.78 is 0. The first-order valence-corrected chi connectivity index (χ1v) is 12.4. The summed E-state index contributed by atoms with van der Waals surface area (Å²) in [6.07, 6.45) is 3.53. The first kappa shape index (κ1) is 21.4. The average Bonchev–Trinajstić information content (AvgIpc) is 2.96. The second-order valence-corrected chi connectivity index (χ2v) is 9.43. The van der Waals surface area contributed by atoms with E-state index in [0.29, 0.717) is 0 Å². The summed E-state index contributed by atoms with van der Waals surface area (Å²) in [7, 11) is 0. The van der Waals surface area contributed by atoms with Gasteiger partial charge in [-0.1, -0.05) is 97.1 Å². The van der Waals surface area contributed by atoms with Gasteiger partial charge in [0.15, 0.2) is 11.6 Å². The molecule has 0 saturated carbocycles. The van der Waals surface area contributed by atoms with E-state index in [1.807, 2.05) is 30.3 Å². The molecule has 1 heterocycles. The summed E-state index contributed by atoms with van der Waals surface area (Å²) in [6.45, 7) is 1.60. The molecule has 0 aliphatic carbocycles. The Balaban J connectivity index is 1.41. The zero-order valence-electron chi connectivity index (χ0n) is 20.3. The number of nitrogens with zero attached hydrogens (tertiary/aromatic N) is 2. The Morgan fingerprint density at radius 1 is 0.541 bits per heavy atom. The van der Waals surface area contributed by atoms with Gasteiger partial charge >= 0.3 is 0 Å².